The van der Waals surface area contributed by atoms with Gasteiger partial charge in [0.25, 0.3) is 5.56 Å². The summed E-state index contributed by atoms with van der Waals surface area (Å²) in [7, 11) is 1.68. The third-order valence-electron chi connectivity index (χ3n) is 6.93. The highest BCUT2D eigenvalue weighted by Crippen LogP contribution is 2.33. The quantitative estimate of drug-likeness (QED) is 0.489. The van der Waals surface area contributed by atoms with Crippen LogP contribution >= 0.6 is 0 Å². The average molecular weight is 503 g/mol. The first-order chi connectivity index (χ1) is 17.1. The van der Waals surface area contributed by atoms with Crippen molar-refractivity contribution in [3.8, 4) is 6.07 Å². The first-order valence-corrected chi connectivity index (χ1v) is 11.7. The van der Waals surface area contributed by atoms with Crippen LogP contribution in [0, 0.1) is 17.1 Å². The number of hydrogen-bond acceptors (Lipinski definition) is 6. The lowest BCUT2D eigenvalue weighted by atomic mass is 9.96. The summed E-state index contributed by atoms with van der Waals surface area (Å²) in [5, 5.41) is 13.6. The van der Waals surface area contributed by atoms with E-state index in [0.717, 1.165) is 5.56 Å². The number of pyridine rings is 1. The van der Waals surface area contributed by atoms with Gasteiger partial charge < -0.3 is 14.2 Å². The molecule has 1 aromatic carbocycles. The van der Waals surface area contributed by atoms with Crippen molar-refractivity contribution in [2.75, 3.05) is 18.0 Å². The van der Waals surface area contributed by atoms with E-state index >= 15 is 0 Å². The van der Waals surface area contributed by atoms with Crippen molar-refractivity contribution in [2.24, 2.45) is 7.05 Å². The minimum Gasteiger partial charge on any atom is -0.364 e. The molecule has 1 aliphatic heterocycles. The minimum absolute atomic E-state index is 0.0127. The molecule has 3 aromatic rings. The van der Waals surface area contributed by atoms with Gasteiger partial charge in [0, 0.05) is 44.3 Å². The van der Waals surface area contributed by atoms with Crippen LogP contribution in [-0.2, 0) is 24.9 Å². The van der Waals surface area contributed by atoms with Crippen LogP contribution in [0.3, 0.4) is 0 Å². The number of piperazine rings is 1. The van der Waals surface area contributed by atoms with Crippen molar-refractivity contribution >= 4 is 16.7 Å². The van der Waals surface area contributed by atoms with Crippen LogP contribution in [0.15, 0.2) is 35.3 Å². The Bertz CT molecular complexity index is 1350. The van der Waals surface area contributed by atoms with Gasteiger partial charge >= 0.3 is 6.61 Å². The molecule has 0 aliphatic carbocycles. The fraction of sp³-hybridized carbons (Fsp3) is 0.480. The number of nitrogens with zero attached hydrogens (tertiary/aromatic N) is 6. The maximum absolute atomic E-state index is 13.9. The number of hydrogen-bond donors (Lipinski definition) is 0. The maximum atomic E-state index is 13.9. The van der Waals surface area contributed by atoms with Gasteiger partial charge in [-0.3, -0.25) is 14.4 Å². The Hall–Kier alpha value is -3.36. The molecule has 0 spiro atoms. The number of alkyl halides is 2. The van der Waals surface area contributed by atoms with E-state index in [4.69, 9.17) is 5.26 Å². The van der Waals surface area contributed by atoms with E-state index in [-0.39, 0.29) is 36.8 Å². The number of ether oxygens (including phenoxy) is 1. The van der Waals surface area contributed by atoms with E-state index in [0.29, 0.717) is 35.4 Å². The number of rotatable bonds is 7. The van der Waals surface area contributed by atoms with E-state index in [9.17, 15) is 18.0 Å². The van der Waals surface area contributed by atoms with Crippen molar-refractivity contribution in [1.82, 2.24) is 19.2 Å². The van der Waals surface area contributed by atoms with Crippen LogP contribution < -0.4 is 10.5 Å². The molecule has 0 amide bonds. The smallest absolute Gasteiger partial charge is 0.345 e. The topological polar surface area (TPSA) is 79.3 Å². The molecule has 1 unspecified atom stereocenters. The predicted molar refractivity (Wildman–Crippen MR) is 129 cm³/mol. The fourth-order valence-corrected chi connectivity index (χ4v) is 5.08. The number of fused-ring (bicyclic) bond motifs is 1. The number of benzene rings is 1. The van der Waals surface area contributed by atoms with Gasteiger partial charge in [0.1, 0.15) is 17.9 Å². The molecular weight excluding hydrogens is 473 g/mol. The van der Waals surface area contributed by atoms with Crippen LogP contribution in [0.5, 0.6) is 0 Å². The van der Waals surface area contributed by atoms with Crippen molar-refractivity contribution in [3.05, 3.63) is 57.8 Å². The lowest BCUT2D eigenvalue weighted by Gasteiger charge is -2.48. The molecule has 0 radical (unpaired) electrons. The first kappa shape index (κ1) is 25.7. The summed E-state index contributed by atoms with van der Waals surface area (Å²) in [6.07, 6.45) is 1.70. The Labute approximate surface area is 207 Å². The Balaban J connectivity index is 1.63. The van der Waals surface area contributed by atoms with E-state index < -0.39 is 12.4 Å². The molecule has 0 N–H and O–H groups in total. The summed E-state index contributed by atoms with van der Waals surface area (Å²) in [6, 6.07) is 7.67. The molecule has 11 heteroatoms. The molecule has 1 aliphatic rings. The molecule has 3 atom stereocenters. The Kier molecular flexibility index (Phi) is 7.38. The molecule has 4 rings (SSSR count). The summed E-state index contributed by atoms with van der Waals surface area (Å²) in [4.78, 5) is 17.1. The first-order valence-electron chi connectivity index (χ1n) is 11.7. The second-order valence-corrected chi connectivity index (χ2v) is 9.28. The highest BCUT2D eigenvalue weighted by Gasteiger charge is 2.34. The zero-order chi connectivity index (χ0) is 26.1. The van der Waals surface area contributed by atoms with Gasteiger partial charge in [0.2, 0.25) is 0 Å². The number of halogens is 3. The fourth-order valence-electron chi connectivity index (χ4n) is 5.08. The zero-order valence-electron chi connectivity index (χ0n) is 20.7. The van der Waals surface area contributed by atoms with Crippen molar-refractivity contribution in [1.29, 1.82) is 5.26 Å². The van der Waals surface area contributed by atoms with Gasteiger partial charge in [0.05, 0.1) is 30.1 Å². The second-order valence-electron chi connectivity index (χ2n) is 9.28. The zero-order valence-corrected chi connectivity index (χ0v) is 20.7. The van der Waals surface area contributed by atoms with E-state index in [1.54, 1.807) is 25.4 Å². The highest BCUT2D eigenvalue weighted by molar-refractivity contribution is 5.88. The number of aryl methyl sites for hydroxylation is 1. The predicted octanol–water partition coefficient (Wildman–Crippen LogP) is 3.80. The number of aromatic nitrogens is 3. The lowest BCUT2D eigenvalue weighted by Crippen LogP contribution is -2.57. The van der Waals surface area contributed by atoms with Crippen molar-refractivity contribution < 1.29 is 17.9 Å². The SMILES string of the molecule is CC(c1ccc(F)cc1COC(F)F)N1C[C@H](C)N(c2cc(=O)n(C)c3cn(CC#N)nc23)C[C@H]1C. The average Bonchev–Trinajstić information content (AvgIpc) is 3.25. The molecule has 36 heavy (non-hydrogen) atoms. The van der Waals surface area contributed by atoms with Crippen molar-refractivity contribution in [2.45, 2.75) is 58.7 Å². The van der Waals surface area contributed by atoms with Crippen LogP contribution in [0.1, 0.15) is 37.9 Å². The van der Waals surface area contributed by atoms with Gasteiger partial charge in [0.15, 0.2) is 0 Å². The maximum Gasteiger partial charge on any atom is 0.345 e. The molecule has 3 heterocycles. The van der Waals surface area contributed by atoms with E-state index in [1.165, 1.54) is 21.4 Å². The highest BCUT2D eigenvalue weighted by atomic mass is 19.3. The molecule has 192 valence electrons. The van der Waals surface area contributed by atoms with E-state index in [1.807, 2.05) is 13.8 Å². The Morgan fingerprint density at radius 2 is 1.97 bits per heavy atom. The standard InChI is InChI=1S/C25H29F3N6O2/c1-15-12-34(21-10-23(35)31(4)22-13-32(8-7-29)30-24(21)22)16(2)11-33(15)17(3)20-6-5-19(26)9-18(20)14-36-25(27)28/h5-6,9-10,13,15-17,25H,8,11-12,14H2,1-4H3/t15-,16+,17?/m1/s1. The number of nitriles is 1. The monoisotopic (exact) mass is 502 g/mol. The van der Waals surface area contributed by atoms with Crippen molar-refractivity contribution in [3.63, 3.8) is 0 Å². The molecule has 2 aromatic heterocycles. The lowest BCUT2D eigenvalue weighted by molar-refractivity contribution is -0.137. The third-order valence-corrected chi connectivity index (χ3v) is 6.93. The van der Waals surface area contributed by atoms with Crippen LogP contribution in [-0.4, -0.2) is 51.0 Å². The van der Waals surface area contributed by atoms with Crippen LogP contribution in [0.25, 0.3) is 11.0 Å². The van der Waals surface area contributed by atoms with Gasteiger partial charge in [-0.1, -0.05) is 6.07 Å². The summed E-state index contributed by atoms with van der Waals surface area (Å²) in [5.74, 6) is -0.504. The number of anilines is 1. The second kappa shape index (κ2) is 10.3. The molecule has 0 saturated carbocycles. The minimum atomic E-state index is -2.94. The summed E-state index contributed by atoms with van der Waals surface area (Å²) < 4.78 is 46.7. The van der Waals surface area contributed by atoms with Crippen LogP contribution in [0.2, 0.25) is 0 Å². The van der Waals surface area contributed by atoms with Gasteiger partial charge in [-0.2, -0.15) is 19.1 Å². The Morgan fingerprint density at radius 1 is 1.22 bits per heavy atom. The van der Waals surface area contributed by atoms with E-state index in [2.05, 4.69) is 32.6 Å². The molecule has 1 fully saturated rings. The van der Waals surface area contributed by atoms with Gasteiger partial charge in [-0.25, -0.2) is 4.39 Å². The normalized spacial score (nSPS) is 19.7. The van der Waals surface area contributed by atoms with Gasteiger partial charge in [-0.15, -0.1) is 0 Å². The molecule has 8 nitrogen and oxygen atoms in total. The summed E-state index contributed by atoms with van der Waals surface area (Å²) >= 11 is 0. The third kappa shape index (κ3) is 4.96. The largest absolute Gasteiger partial charge is 0.364 e. The summed E-state index contributed by atoms with van der Waals surface area (Å²) in [5.41, 5.74) is 2.97. The molecular formula is C25H29F3N6O2. The van der Waals surface area contributed by atoms with Crippen LogP contribution in [0.4, 0.5) is 18.9 Å². The summed E-state index contributed by atoms with van der Waals surface area (Å²) in [6.45, 7) is 4.04. The van der Waals surface area contributed by atoms with Gasteiger partial charge in [-0.05, 0) is 44.0 Å². The molecule has 1 saturated heterocycles. The Morgan fingerprint density at radius 3 is 2.67 bits per heavy atom. The molecule has 0 bridgehead atoms.